The highest BCUT2D eigenvalue weighted by molar-refractivity contribution is 9.11. The summed E-state index contributed by atoms with van der Waals surface area (Å²) in [6, 6.07) is 7.77. The summed E-state index contributed by atoms with van der Waals surface area (Å²) in [7, 11) is 0. The number of hydrazone groups is 1. The molecule has 8 heteroatoms. The second-order valence-electron chi connectivity index (χ2n) is 3.92. The van der Waals surface area contributed by atoms with Crippen molar-refractivity contribution in [2.24, 2.45) is 5.10 Å². The van der Waals surface area contributed by atoms with Gasteiger partial charge in [0.15, 0.2) is 0 Å². The first kappa shape index (κ1) is 15.7. The van der Waals surface area contributed by atoms with Gasteiger partial charge >= 0.3 is 6.18 Å². The maximum absolute atomic E-state index is 12.5. The Labute approximate surface area is 130 Å². The Morgan fingerprint density at radius 2 is 2.05 bits per heavy atom. The van der Waals surface area contributed by atoms with Crippen LogP contribution < -0.4 is 5.43 Å². The lowest BCUT2D eigenvalue weighted by Crippen LogP contribution is -2.18. The Bertz CT molecular complexity index is 682. The van der Waals surface area contributed by atoms with Crippen LogP contribution in [0.2, 0.25) is 0 Å². The van der Waals surface area contributed by atoms with Gasteiger partial charge in [-0.15, -0.1) is 11.3 Å². The van der Waals surface area contributed by atoms with E-state index < -0.39 is 17.6 Å². The Morgan fingerprint density at radius 1 is 1.29 bits per heavy atom. The molecule has 2 aromatic rings. The molecule has 1 N–H and O–H groups in total. The number of halogens is 4. The van der Waals surface area contributed by atoms with E-state index in [0.29, 0.717) is 0 Å². The van der Waals surface area contributed by atoms with Gasteiger partial charge in [0.1, 0.15) is 0 Å². The molecular formula is C13H8BrF3N2OS. The minimum atomic E-state index is -4.48. The smallest absolute Gasteiger partial charge is 0.267 e. The van der Waals surface area contributed by atoms with Crippen LogP contribution in [-0.4, -0.2) is 12.1 Å². The normalized spacial score (nSPS) is 11.8. The van der Waals surface area contributed by atoms with Crippen LogP contribution in [0.25, 0.3) is 0 Å². The SMILES string of the molecule is O=C(N/N=C\c1ccc(Br)s1)c1cccc(C(F)(F)F)c1. The fourth-order valence-corrected chi connectivity index (χ4v) is 2.75. The molecule has 0 unspecified atom stereocenters. The van der Waals surface area contributed by atoms with Crippen LogP contribution in [0.5, 0.6) is 0 Å². The molecule has 1 aromatic heterocycles. The van der Waals surface area contributed by atoms with Crippen LogP contribution in [0.4, 0.5) is 13.2 Å². The Hall–Kier alpha value is -1.67. The number of nitrogens with one attached hydrogen (secondary N) is 1. The Morgan fingerprint density at radius 3 is 2.67 bits per heavy atom. The third kappa shape index (κ3) is 4.40. The summed E-state index contributed by atoms with van der Waals surface area (Å²) >= 11 is 4.69. The van der Waals surface area contributed by atoms with Gasteiger partial charge in [-0.1, -0.05) is 6.07 Å². The summed E-state index contributed by atoms with van der Waals surface area (Å²) < 4.78 is 38.5. The van der Waals surface area contributed by atoms with E-state index in [1.54, 1.807) is 6.07 Å². The number of nitrogens with zero attached hydrogens (tertiary/aromatic N) is 1. The standard InChI is InChI=1S/C13H8BrF3N2OS/c14-11-5-4-10(21-11)7-18-19-12(20)8-2-1-3-9(6-8)13(15,16)17/h1-7H,(H,19,20)/b18-7-. The predicted octanol–water partition coefficient (Wildman–Crippen LogP) is 4.29. The molecule has 0 bridgehead atoms. The summed E-state index contributed by atoms with van der Waals surface area (Å²) in [5.74, 6) is -0.701. The zero-order valence-electron chi connectivity index (χ0n) is 10.3. The topological polar surface area (TPSA) is 41.5 Å². The molecule has 0 saturated heterocycles. The summed E-state index contributed by atoms with van der Waals surface area (Å²) in [6.45, 7) is 0. The van der Waals surface area contributed by atoms with Gasteiger partial charge in [0.05, 0.1) is 15.6 Å². The average Bonchev–Trinajstić information content (AvgIpc) is 2.83. The van der Waals surface area contributed by atoms with E-state index in [1.165, 1.54) is 29.7 Å². The lowest BCUT2D eigenvalue weighted by atomic mass is 10.1. The number of thiophene rings is 1. The second kappa shape index (κ2) is 6.40. The van der Waals surface area contributed by atoms with Crippen molar-refractivity contribution in [3.63, 3.8) is 0 Å². The molecule has 21 heavy (non-hydrogen) atoms. The maximum Gasteiger partial charge on any atom is 0.416 e. The molecule has 1 amide bonds. The molecule has 0 aliphatic rings. The molecular weight excluding hydrogens is 369 g/mol. The minimum absolute atomic E-state index is 0.102. The largest absolute Gasteiger partial charge is 0.416 e. The monoisotopic (exact) mass is 376 g/mol. The van der Waals surface area contributed by atoms with Crippen LogP contribution in [-0.2, 0) is 6.18 Å². The van der Waals surface area contributed by atoms with Gasteiger partial charge in [0, 0.05) is 10.4 Å². The molecule has 3 nitrogen and oxygen atoms in total. The average molecular weight is 377 g/mol. The number of benzene rings is 1. The van der Waals surface area contributed by atoms with Gasteiger partial charge in [0.25, 0.3) is 5.91 Å². The molecule has 1 aromatic carbocycles. The van der Waals surface area contributed by atoms with E-state index in [0.717, 1.165) is 20.8 Å². The molecule has 0 aliphatic carbocycles. The first-order chi connectivity index (χ1) is 9.86. The van der Waals surface area contributed by atoms with E-state index >= 15 is 0 Å². The highest BCUT2D eigenvalue weighted by atomic mass is 79.9. The first-order valence-electron chi connectivity index (χ1n) is 5.62. The molecule has 2 rings (SSSR count). The third-order valence-electron chi connectivity index (χ3n) is 2.40. The number of carbonyl (C=O) groups is 1. The highest BCUT2D eigenvalue weighted by Crippen LogP contribution is 2.29. The Kier molecular flexibility index (Phi) is 4.79. The number of carbonyl (C=O) groups excluding carboxylic acids is 1. The van der Waals surface area contributed by atoms with E-state index in [-0.39, 0.29) is 5.56 Å². The number of rotatable bonds is 3. The number of amides is 1. The van der Waals surface area contributed by atoms with Gasteiger partial charge in [-0.2, -0.15) is 18.3 Å². The van der Waals surface area contributed by atoms with E-state index in [1.807, 2.05) is 6.07 Å². The molecule has 0 aliphatic heterocycles. The highest BCUT2D eigenvalue weighted by Gasteiger charge is 2.30. The summed E-state index contributed by atoms with van der Waals surface area (Å²) in [5.41, 5.74) is 1.21. The van der Waals surface area contributed by atoms with Gasteiger partial charge in [-0.25, -0.2) is 5.43 Å². The van der Waals surface area contributed by atoms with Gasteiger partial charge in [-0.05, 0) is 46.3 Å². The van der Waals surface area contributed by atoms with Crippen molar-refractivity contribution in [1.29, 1.82) is 0 Å². The van der Waals surface area contributed by atoms with Gasteiger partial charge in [0.2, 0.25) is 0 Å². The van der Waals surface area contributed by atoms with Crippen LogP contribution in [0, 0.1) is 0 Å². The molecule has 0 saturated carbocycles. The number of hydrogen-bond acceptors (Lipinski definition) is 3. The maximum atomic E-state index is 12.5. The summed E-state index contributed by atoms with van der Waals surface area (Å²) in [5, 5.41) is 3.71. The predicted molar refractivity (Wildman–Crippen MR) is 78.5 cm³/mol. The fraction of sp³-hybridized carbons (Fsp3) is 0.0769. The lowest BCUT2D eigenvalue weighted by Gasteiger charge is -2.07. The van der Waals surface area contributed by atoms with Crippen molar-refractivity contribution in [3.05, 3.63) is 56.2 Å². The van der Waals surface area contributed by atoms with Crippen molar-refractivity contribution in [1.82, 2.24) is 5.43 Å². The number of hydrogen-bond donors (Lipinski definition) is 1. The van der Waals surface area contributed by atoms with Crippen molar-refractivity contribution in [2.75, 3.05) is 0 Å². The lowest BCUT2D eigenvalue weighted by molar-refractivity contribution is -0.137. The van der Waals surface area contributed by atoms with E-state index in [4.69, 9.17) is 0 Å². The zero-order valence-corrected chi connectivity index (χ0v) is 12.7. The summed E-state index contributed by atoms with van der Waals surface area (Å²) in [6.07, 6.45) is -3.07. The van der Waals surface area contributed by atoms with Crippen LogP contribution in [0.15, 0.2) is 45.3 Å². The molecule has 0 atom stereocenters. The van der Waals surface area contributed by atoms with Crippen molar-refractivity contribution < 1.29 is 18.0 Å². The van der Waals surface area contributed by atoms with Crippen LogP contribution in [0.3, 0.4) is 0 Å². The quantitative estimate of drug-likeness (QED) is 0.629. The van der Waals surface area contributed by atoms with Crippen molar-refractivity contribution >= 4 is 39.4 Å². The third-order valence-corrected chi connectivity index (χ3v) is 3.96. The molecule has 0 fully saturated rings. The zero-order chi connectivity index (χ0) is 15.5. The van der Waals surface area contributed by atoms with Gasteiger partial charge < -0.3 is 0 Å². The van der Waals surface area contributed by atoms with Crippen molar-refractivity contribution in [2.45, 2.75) is 6.18 Å². The second-order valence-corrected chi connectivity index (χ2v) is 6.41. The molecule has 0 radical (unpaired) electrons. The molecule has 110 valence electrons. The number of alkyl halides is 3. The molecule has 1 heterocycles. The van der Waals surface area contributed by atoms with E-state index in [9.17, 15) is 18.0 Å². The van der Waals surface area contributed by atoms with Crippen molar-refractivity contribution in [3.8, 4) is 0 Å². The molecule has 0 spiro atoms. The van der Waals surface area contributed by atoms with Gasteiger partial charge in [-0.3, -0.25) is 4.79 Å². The first-order valence-corrected chi connectivity index (χ1v) is 7.23. The summed E-state index contributed by atoms with van der Waals surface area (Å²) in [4.78, 5) is 12.5. The van der Waals surface area contributed by atoms with E-state index in [2.05, 4.69) is 26.5 Å². The fourth-order valence-electron chi connectivity index (χ4n) is 1.45. The minimum Gasteiger partial charge on any atom is -0.267 e. The van der Waals surface area contributed by atoms with Crippen LogP contribution in [0.1, 0.15) is 20.8 Å². The Balaban J connectivity index is 2.05. The van der Waals surface area contributed by atoms with Crippen LogP contribution >= 0.6 is 27.3 Å².